The lowest BCUT2D eigenvalue weighted by Gasteiger charge is -2.22. The monoisotopic (exact) mass is 277 g/mol. The Morgan fingerprint density at radius 2 is 2.05 bits per heavy atom. The van der Waals surface area contributed by atoms with Crippen LogP contribution in [0.15, 0.2) is 18.2 Å². The zero-order chi connectivity index (χ0) is 14.4. The van der Waals surface area contributed by atoms with E-state index in [1.807, 2.05) is 13.2 Å². The predicted octanol–water partition coefficient (Wildman–Crippen LogP) is 3.25. The van der Waals surface area contributed by atoms with Crippen molar-refractivity contribution in [3.8, 4) is 5.75 Å². The third kappa shape index (κ3) is 3.97. The standard InChI is InChI=1S/C17H27NO2/c1-14-16(7-4-8-17(14)20-3)12-18-10-5-6-15(9-11-18)13-19-2/h4,7-8,15H,5-6,9-13H2,1-3H3. The minimum atomic E-state index is 0.733. The molecule has 0 bridgehead atoms. The van der Waals surface area contributed by atoms with E-state index in [0.717, 1.165) is 24.8 Å². The van der Waals surface area contributed by atoms with Gasteiger partial charge in [-0.3, -0.25) is 4.90 Å². The average Bonchev–Trinajstić information content (AvgIpc) is 2.67. The van der Waals surface area contributed by atoms with Crippen molar-refractivity contribution < 1.29 is 9.47 Å². The number of methoxy groups -OCH3 is 2. The minimum Gasteiger partial charge on any atom is -0.496 e. The summed E-state index contributed by atoms with van der Waals surface area (Å²) in [6, 6.07) is 6.35. The maximum Gasteiger partial charge on any atom is 0.122 e. The van der Waals surface area contributed by atoms with Gasteiger partial charge >= 0.3 is 0 Å². The smallest absolute Gasteiger partial charge is 0.122 e. The van der Waals surface area contributed by atoms with Crippen LogP contribution in [0.2, 0.25) is 0 Å². The lowest BCUT2D eigenvalue weighted by molar-refractivity contribution is 0.143. The topological polar surface area (TPSA) is 21.7 Å². The molecule has 3 nitrogen and oxygen atoms in total. The van der Waals surface area contributed by atoms with Gasteiger partial charge in [0.1, 0.15) is 5.75 Å². The Morgan fingerprint density at radius 3 is 2.80 bits per heavy atom. The van der Waals surface area contributed by atoms with Crippen molar-refractivity contribution in [2.45, 2.75) is 32.7 Å². The highest BCUT2D eigenvalue weighted by Gasteiger charge is 2.17. The number of benzene rings is 1. The first kappa shape index (κ1) is 15.3. The molecule has 1 unspecified atom stereocenters. The molecular weight excluding hydrogens is 250 g/mol. The molecule has 1 aromatic carbocycles. The first-order chi connectivity index (χ1) is 9.74. The molecule has 1 saturated heterocycles. The van der Waals surface area contributed by atoms with Crippen molar-refractivity contribution in [1.29, 1.82) is 0 Å². The summed E-state index contributed by atoms with van der Waals surface area (Å²) in [5.41, 5.74) is 2.65. The van der Waals surface area contributed by atoms with Crippen LogP contribution in [0, 0.1) is 12.8 Å². The number of nitrogens with zero attached hydrogens (tertiary/aromatic N) is 1. The Morgan fingerprint density at radius 1 is 1.20 bits per heavy atom. The van der Waals surface area contributed by atoms with Crippen LogP contribution in [0.25, 0.3) is 0 Å². The Hall–Kier alpha value is -1.06. The van der Waals surface area contributed by atoms with Gasteiger partial charge in [0.2, 0.25) is 0 Å². The van der Waals surface area contributed by atoms with Crippen LogP contribution in [0.3, 0.4) is 0 Å². The Bertz CT molecular complexity index is 419. The van der Waals surface area contributed by atoms with Gasteiger partial charge in [0, 0.05) is 20.3 Å². The molecule has 0 aliphatic carbocycles. The van der Waals surface area contributed by atoms with Gasteiger partial charge in [-0.1, -0.05) is 12.1 Å². The van der Waals surface area contributed by atoms with E-state index >= 15 is 0 Å². The largest absolute Gasteiger partial charge is 0.496 e. The highest BCUT2D eigenvalue weighted by Crippen LogP contribution is 2.24. The maximum atomic E-state index is 5.41. The van der Waals surface area contributed by atoms with Crippen molar-refractivity contribution in [3.63, 3.8) is 0 Å². The summed E-state index contributed by atoms with van der Waals surface area (Å²) >= 11 is 0. The van der Waals surface area contributed by atoms with E-state index in [1.165, 1.54) is 43.5 Å². The molecule has 3 heteroatoms. The molecule has 0 spiro atoms. The van der Waals surface area contributed by atoms with Crippen LogP contribution in [0.5, 0.6) is 5.75 Å². The summed E-state index contributed by atoms with van der Waals surface area (Å²) < 4.78 is 10.7. The first-order valence-electron chi connectivity index (χ1n) is 7.58. The van der Waals surface area contributed by atoms with Crippen molar-refractivity contribution >= 4 is 0 Å². The molecule has 1 aliphatic heterocycles. The summed E-state index contributed by atoms with van der Waals surface area (Å²) in [4.78, 5) is 2.57. The molecule has 0 radical (unpaired) electrons. The fourth-order valence-corrected chi connectivity index (χ4v) is 3.08. The second-order valence-corrected chi connectivity index (χ2v) is 5.77. The zero-order valence-electron chi connectivity index (χ0n) is 13.0. The lowest BCUT2D eigenvalue weighted by atomic mass is 10.0. The molecule has 0 N–H and O–H groups in total. The van der Waals surface area contributed by atoms with E-state index in [0.29, 0.717) is 0 Å². The summed E-state index contributed by atoms with van der Waals surface area (Å²) in [6.07, 6.45) is 3.81. The Balaban J connectivity index is 1.96. The number of hydrogen-bond donors (Lipinski definition) is 0. The molecule has 1 aliphatic rings. The van der Waals surface area contributed by atoms with Crippen LogP contribution in [-0.2, 0) is 11.3 Å². The van der Waals surface area contributed by atoms with Gasteiger partial charge < -0.3 is 9.47 Å². The van der Waals surface area contributed by atoms with Gasteiger partial charge in [0.25, 0.3) is 0 Å². The van der Waals surface area contributed by atoms with Gasteiger partial charge in [0.15, 0.2) is 0 Å². The molecule has 2 rings (SSSR count). The van der Waals surface area contributed by atoms with Gasteiger partial charge in [-0.15, -0.1) is 0 Å². The predicted molar refractivity (Wildman–Crippen MR) is 82.2 cm³/mol. The number of ether oxygens (including phenoxy) is 2. The fourth-order valence-electron chi connectivity index (χ4n) is 3.08. The van der Waals surface area contributed by atoms with E-state index in [1.54, 1.807) is 7.11 Å². The molecule has 0 saturated carbocycles. The summed E-state index contributed by atoms with van der Waals surface area (Å²) in [7, 11) is 3.55. The van der Waals surface area contributed by atoms with Crippen molar-refractivity contribution in [2.24, 2.45) is 5.92 Å². The van der Waals surface area contributed by atoms with E-state index in [9.17, 15) is 0 Å². The molecule has 1 heterocycles. The summed E-state index contributed by atoms with van der Waals surface area (Å²) in [6.45, 7) is 6.45. The van der Waals surface area contributed by atoms with E-state index in [2.05, 4.69) is 24.0 Å². The highest BCUT2D eigenvalue weighted by molar-refractivity contribution is 5.39. The molecule has 0 amide bonds. The van der Waals surface area contributed by atoms with Crippen LogP contribution in [0.1, 0.15) is 30.4 Å². The van der Waals surface area contributed by atoms with Crippen LogP contribution < -0.4 is 4.74 Å². The van der Waals surface area contributed by atoms with Gasteiger partial charge in [-0.05, 0) is 62.4 Å². The normalized spacial score (nSPS) is 20.6. The Labute approximate surface area is 122 Å². The zero-order valence-corrected chi connectivity index (χ0v) is 13.0. The van der Waals surface area contributed by atoms with Crippen LogP contribution in [0.4, 0.5) is 0 Å². The lowest BCUT2D eigenvalue weighted by Crippen LogP contribution is -2.25. The van der Waals surface area contributed by atoms with Crippen LogP contribution in [-0.4, -0.2) is 38.8 Å². The van der Waals surface area contributed by atoms with Gasteiger partial charge in [-0.25, -0.2) is 0 Å². The molecule has 1 atom stereocenters. The number of hydrogen-bond acceptors (Lipinski definition) is 3. The van der Waals surface area contributed by atoms with Gasteiger partial charge in [0.05, 0.1) is 7.11 Å². The third-order valence-electron chi connectivity index (χ3n) is 4.35. The first-order valence-corrected chi connectivity index (χ1v) is 7.58. The second kappa shape index (κ2) is 7.65. The fraction of sp³-hybridized carbons (Fsp3) is 0.647. The van der Waals surface area contributed by atoms with E-state index < -0.39 is 0 Å². The summed E-state index contributed by atoms with van der Waals surface area (Å²) in [5, 5.41) is 0. The SMILES string of the molecule is COCC1CCCN(Cc2cccc(OC)c2C)CC1. The van der Waals surface area contributed by atoms with Crippen molar-refractivity contribution in [1.82, 2.24) is 4.90 Å². The molecular formula is C17H27NO2. The average molecular weight is 277 g/mol. The molecule has 112 valence electrons. The molecule has 20 heavy (non-hydrogen) atoms. The second-order valence-electron chi connectivity index (χ2n) is 5.77. The molecule has 0 aromatic heterocycles. The van der Waals surface area contributed by atoms with E-state index in [4.69, 9.17) is 9.47 Å². The third-order valence-corrected chi connectivity index (χ3v) is 4.35. The number of rotatable bonds is 5. The van der Waals surface area contributed by atoms with Crippen molar-refractivity contribution in [2.75, 3.05) is 33.9 Å². The number of likely N-dealkylation sites (tertiary alicyclic amines) is 1. The quantitative estimate of drug-likeness (QED) is 0.824. The minimum absolute atomic E-state index is 0.733. The molecule has 1 fully saturated rings. The van der Waals surface area contributed by atoms with Crippen LogP contribution >= 0.6 is 0 Å². The maximum absolute atomic E-state index is 5.41. The van der Waals surface area contributed by atoms with Crippen molar-refractivity contribution in [3.05, 3.63) is 29.3 Å². The summed E-state index contributed by atoms with van der Waals surface area (Å²) in [5.74, 6) is 1.73. The van der Waals surface area contributed by atoms with E-state index in [-0.39, 0.29) is 0 Å². The Kier molecular flexibility index (Phi) is 5.86. The molecule has 1 aromatic rings. The highest BCUT2D eigenvalue weighted by atomic mass is 16.5. The van der Waals surface area contributed by atoms with Gasteiger partial charge in [-0.2, -0.15) is 0 Å².